The summed E-state index contributed by atoms with van der Waals surface area (Å²) in [6.45, 7) is 4.19. The molecule has 2 saturated heterocycles. The number of benzene rings is 2. The summed E-state index contributed by atoms with van der Waals surface area (Å²) in [5.74, 6) is -0.332. The van der Waals surface area contributed by atoms with Crippen LogP contribution in [0.2, 0.25) is 0 Å². The van der Waals surface area contributed by atoms with E-state index in [0.717, 1.165) is 42.9 Å². The van der Waals surface area contributed by atoms with Gasteiger partial charge in [-0.3, -0.25) is 14.2 Å². The average Bonchev–Trinajstić information content (AvgIpc) is 3.80. The second-order valence-electron chi connectivity index (χ2n) is 13.9. The lowest BCUT2D eigenvalue weighted by Crippen LogP contribution is -2.49. The number of hydrogen-bond acceptors (Lipinski definition) is 12. The van der Waals surface area contributed by atoms with Crippen molar-refractivity contribution in [1.29, 1.82) is 0 Å². The maximum Gasteiger partial charge on any atom is 0.315 e. The number of piperidine rings is 1. The number of carbonyl (C=O) groups excluding carboxylic acids is 3. The standard InChI is InChI=1S/C40H47N11O6/c1-2-41-37(54)33-31(52)32(53)39(57-33)51-24-46-30-34(45-23-28(25-11-5-3-6-12-25)26-13-7-4-8-14-26)48-35(49-36(30)51)38(55)43-19-20-44-40(56)47-27-16-21-50(22-17-27)29-15-9-10-18-42-29/h3-15,18,24,27-28,31-33,39,52-53H,2,16-17,19-23H2,1H3,(H,41,54)(H,43,55)(H2,44,47,56)(H,45,48,49)/t31-,32-,33-,39+/m0/s1. The van der Waals surface area contributed by atoms with E-state index in [1.807, 2.05) is 78.9 Å². The van der Waals surface area contributed by atoms with Crippen molar-refractivity contribution in [2.24, 2.45) is 0 Å². The van der Waals surface area contributed by atoms with Gasteiger partial charge < -0.3 is 46.4 Å². The Morgan fingerprint density at radius 1 is 0.842 bits per heavy atom. The van der Waals surface area contributed by atoms with Gasteiger partial charge in [0.2, 0.25) is 5.82 Å². The van der Waals surface area contributed by atoms with Crippen LogP contribution in [0.1, 0.15) is 53.7 Å². The molecule has 5 heterocycles. The lowest BCUT2D eigenvalue weighted by molar-refractivity contribution is -0.137. The van der Waals surface area contributed by atoms with Crippen molar-refractivity contribution in [3.63, 3.8) is 0 Å². The number of pyridine rings is 1. The van der Waals surface area contributed by atoms with Crippen LogP contribution in [0.5, 0.6) is 0 Å². The van der Waals surface area contributed by atoms with E-state index in [1.54, 1.807) is 13.1 Å². The molecule has 17 heteroatoms. The first-order chi connectivity index (χ1) is 27.8. The van der Waals surface area contributed by atoms with E-state index in [2.05, 4.69) is 51.4 Å². The molecule has 0 radical (unpaired) electrons. The first-order valence-electron chi connectivity index (χ1n) is 19.2. The molecule has 0 saturated carbocycles. The fraction of sp³-hybridized carbons (Fsp3) is 0.375. The molecule has 0 aliphatic carbocycles. The fourth-order valence-electron chi connectivity index (χ4n) is 7.17. The van der Waals surface area contributed by atoms with Crippen molar-refractivity contribution in [3.8, 4) is 0 Å². The molecule has 57 heavy (non-hydrogen) atoms. The molecule has 298 valence electrons. The van der Waals surface area contributed by atoms with Crippen molar-refractivity contribution in [3.05, 3.63) is 108 Å². The largest absolute Gasteiger partial charge is 0.387 e. The number of imidazole rings is 1. The van der Waals surface area contributed by atoms with Gasteiger partial charge in [0.25, 0.3) is 11.8 Å². The van der Waals surface area contributed by atoms with Crippen LogP contribution >= 0.6 is 0 Å². The Labute approximate surface area is 329 Å². The number of anilines is 2. The topological polar surface area (TPSA) is 221 Å². The number of hydrogen-bond donors (Lipinski definition) is 7. The number of aromatic nitrogens is 5. The zero-order valence-corrected chi connectivity index (χ0v) is 31.5. The van der Waals surface area contributed by atoms with Crippen molar-refractivity contribution in [2.45, 2.75) is 56.3 Å². The number of likely N-dealkylation sites (N-methyl/N-ethyl adjacent to an activating group) is 1. The number of amides is 4. The van der Waals surface area contributed by atoms with Crippen LogP contribution in [-0.2, 0) is 9.53 Å². The minimum atomic E-state index is -1.53. The van der Waals surface area contributed by atoms with E-state index >= 15 is 0 Å². The number of nitrogens with one attached hydrogen (secondary N) is 5. The third-order valence-electron chi connectivity index (χ3n) is 10.1. The van der Waals surface area contributed by atoms with Crippen molar-refractivity contribution in [1.82, 2.24) is 45.8 Å². The Bertz CT molecular complexity index is 2080. The molecular weight excluding hydrogens is 731 g/mol. The van der Waals surface area contributed by atoms with Gasteiger partial charge in [-0.25, -0.2) is 24.7 Å². The molecule has 4 amide bonds. The predicted octanol–water partition coefficient (Wildman–Crippen LogP) is 1.92. The van der Waals surface area contributed by atoms with Gasteiger partial charge in [0.05, 0.1) is 6.33 Å². The van der Waals surface area contributed by atoms with E-state index in [1.165, 1.54) is 10.9 Å². The van der Waals surface area contributed by atoms with Crippen LogP contribution in [-0.4, -0.2) is 116 Å². The zero-order chi connectivity index (χ0) is 39.7. The van der Waals surface area contributed by atoms with Gasteiger partial charge in [-0.1, -0.05) is 66.7 Å². The Balaban J connectivity index is 1.05. The monoisotopic (exact) mass is 777 g/mol. The van der Waals surface area contributed by atoms with Gasteiger partial charge in [0, 0.05) is 57.4 Å². The van der Waals surface area contributed by atoms with Crippen LogP contribution in [0.15, 0.2) is 91.4 Å². The molecule has 7 rings (SSSR count). The predicted molar refractivity (Wildman–Crippen MR) is 211 cm³/mol. The summed E-state index contributed by atoms with van der Waals surface area (Å²) in [7, 11) is 0. The van der Waals surface area contributed by atoms with Crippen molar-refractivity contribution < 1.29 is 29.3 Å². The smallest absolute Gasteiger partial charge is 0.315 e. The number of carbonyl (C=O) groups is 3. The summed E-state index contributed by atoms with van der Waals surface area (Å²) in [5.41, 5.74) is 2.53. The average molecular weight is 778 g/mol. The van der Waals surface area contributed by atoms with E-state index in [0.29, 0.717) is 13.1 Å². The van der Waals surface area contributed by atoms with Crippen molar-refractivity contribution in [2.75, 3.05) is 49.5 Å². The minimum absolute atomic E-state index is 0.0126. The summed E-state index contributed by atoms with van der Waals surface area (Å²) in [6.07, 6.45) is -0.937. The second-order valence-corrected chi connectivity index (χ2v) is 13.9. The molecular formula is C40H47N11O6. The van der Waals surface area contributed by atoms with Crippen LogP contribution < -0.4 is 31.5 Å². The number of fused-ring (bicyclic) bond motifs is 1. The van der Waals surface area contributed by atoms with E-state index in [4.69, 9.17) is 4.74 Å². The van der Waals surface area contributed by atoms with Gasteiger partial charge in [-0.15, -0.1) is 0 Å². The molecule has 0 unspecified atom stereocenters. The normalized spacial score (nSPS) is 19.7. The zero-order valence-electron chi connectivity index (χ0n) is 31.5. The van der Waals surface area contributed by atoms with Gasteiger partial charge >= 0.3 is 6.03 Å². The molecule has 3 aromatic heterocycles. The molecule has 17 nitrogen and oxygen atoms in total. The number of urea groups is 1. The minimum Gasteiger partial charge on any atom is -0.387 e. The van der Waals surface area contributed by atoms with E-state index in [-0.39, 0.29) is 53.9 Å². The third kappa shape index (κ3) is 9.12. The molecule has 2 aromatic carbocycles. The molecule has 4 atom stereocenters. The number of aliphatic hydroxyl groups excluding tert-OH is 2. The summed E-state index contributed by atoms with van der Waals surface area (Å²) in [4.78, 5) is 59.2. The third-order valence-corrected chi connectivity index (χ3v) is 10.1. The van der Waals surface area contributed by atoms with Crippen LogP contribution in [0.4, 0.5) is 16.4 Å². The highest BCUT2D eigenvalue weighted by Gasteiger charge is 2.47. The van der Waals surface area contributed by atoms with Gasteiger partial charge in [-0.2, -0.15) is 0 Å². The number of nitrogens with zero attached hydrogens (tertiary/aromatic N) is 6. The van der Waals surface area contributed by atoms with Crippen LogP contribution in [0, 0.1) is 0 Å². The van der Waals surface area contributed by atoms with Crippen LogP contribution in [0.25, 0.3) is 11.2 Å². The van der Waals surface area contributed by atoms with Gasteiger partial charge in [0.1, 0.15) is 18.0 Å². The highest BCUT2D eigenvalue weighted by Crippen LogP contribution is 2.33. The Hall–Kier alpha value is -6.17. The molecule has 0 bridgehead atoms. The highest BCUT2D eigenvalue weighted by molar-refractivity contribution is 5.94. The van der Waals surface area contributed by atoms with Gasteiger partial charge in [0.15, 0.2) is 29.3 Å². The summed E-state index contributed by atoms with van der Waals surface area (Å²) < 4.78 is 7.25. The lowest BCUT2D eigenvalue weighted by atomic mass is 9.91. The first-order valence-corrected chi connectivity index (χ1v) is 19.2. The molecule has 2 fully saturated rings. The molecule has 2 aliphatic rings. The maximum atomic E-state index is 13.6. The number of aliphatic hydroxyl groups is 2. The maximum absolute atomic E-state index is 13.6. The van der Waals surface area contributed by atoms with Gasteiger partial charge in [-0.05, 0) is 43.0 Å². The van der Waals surface area contributed by atoms with E-state index < -0.39 is 36.4 Å². The molecule has 0 spiro atoms. The Morgan fingerprint density at radius 3 is 2.19 bits per heavy atom. The molecule has 7 N–H and O–H groups in total. The Kier molecular flexibility index (Phi) is 12.5. The lowest BCUT2D eigenvalue weighted by Gasteiger charge is -2.33. The fourth-order valence-corrected chi connectivity index (χ4v) is 7.17. The SMILES string of the molecule is CCNC(=O)[C@H]1O[C@@H](n2cnc3c(NCC(c4ccccc4)c4ccccc4)nc(C(=O)NCCNC(=O)NC4CCN(c5ccccn5)CC4)nc32)[C@@H](O)[C@@H]1O. The second kappa shape index (κ2) is 18.2. The Morgan fingerprint density at radius 2 is 1.53 bits per heavy atom. The van der Waals surface area contributed by atoms with E-state index in [9.17, 15) is 24.6 Å². The summed E-state index contributed by atoms with van der Waals surface area (Å²) in [6, 6.07) is 25.4. The quantitative estimate of drug-likeness (QED) is 0.0805. The highest BCUT2D eigenvalue weighted by atomic mass is 16.6. The summed E-state index contributed by atoms with van der Waals surface area (Å²) in [5, 5.41) is 36.3. The van der Waals surface area contributed by atoms with Crippen molar-refractivity contribution >= 4 is 40.6 Å². The summed E-state index contributed by atoms with van der Waals surface area (Å²) >= 11 is 0. The molecule has 5 aromatic rings. The first kappa shape index (κ1) is 39.1. The molecule has 2 aliphatic heterocycles. The van der Waals surface area contributed by atoms with Crippen LogP contribution in [0.3, 0.4) is 0 Å². The number of ether oxygens (including phenoxy) is 1. The number of rotatable bonds is 14.